The highest BCUT2D eigenvalue weighted by Gasteiger charge is 2.15. The Hall–Kier alpha value is -2.82. The van der Waals surface area contributed by atoms with Crippen LogP contribution in [0.25, 0.3) is 0 Å². The van der Waals surface area contributed by atoms with Crippen molar-refractivity contribution in [1.82, 2.24) is 5.32 Å². The van der Waals surface area contributed by atoms with Crippen LogP contribution in [-0.2, 0) is 16.0 Å². The molecule has 5 nitrogen and oxygen atoms in total. The number of rotatable bonds is 8. The SMILES string of the molecule is CC(C)Oc1ccc(C(CC(=O)[O-])NC(=O)Cc2ccccc2)cc1. The van der Waals surface area contributed by atoms with Crippen LogP contribution in [0.5, 0.6) is 5.75 Å². The van der Waals surface area contributed by atoms with Crippen LogP contribution in [0.15, 0.2) is 54.6 Å². The number of amides is 1. The van der Waals surface area contributed by atoms with Gasteiger partial charge in [-0.05, 0) is 37.1 Å². The maximum atomic E-state index is 12.2. The normalized spacial score (nSPS) is 11.8. The van der Waals surface area contributed by atoms with Crippen LogP contribution < -0.4 is 15.2 Å². The molecule has 132 valence electrons. The fourth-order valence-electron chi connectivity index (χ4n) is 2.50. The number of carboxylic acids is 1. The number of hydrogen-bond acceptors (Lipinski definition) is 4. The number of carbonyl (C=O) groups is 2. The van der Waals surface area contributed by atoms with E-state index in [0.717, 1.165) is 5.56 Å². The Morgan fingerprint density at radius 2 is 1.68 bits per heavy atom. The topological polar surface area (TPSA) is 78.5 Å². The summed E-state index contributed by atoms with van der Waals surface area (Å²) in [6.07, 6.45) is -0.0421. The number of hydrogen-bond donors (Lipinski definition) is 1. The van der Waals surface area contributed by atoms with Crippen molar-refractivity contribution in [1.29, 1.82) is 0 Å². The van der Waals surface area contributed by atoms with E-state index >= 15 is 0 Å². The van der Waals surface area contributed by atoms with Gasteiger partial charge < -0.3 is 20.0 Å². The standard InChI is InChI=1S/C20H23NO4/c1-14(2)25-17-10-8-16(9-11-17)18(13-20(23)24)21-19(22)12-15-6-4-3-5-7-15/h3-11,14,18H,12-13H2,1-2H3,(H,21,22)(H,23,24)/p-1. The van der Waals surface area contributed by atoms with Crippen molar-refractivity contribution in [2.45, 2.75) is 38.8 Å². The highest BCUT2D eigenvalue weighted by atomic mass is 16.5. The third-order valence-electron chi connectivity index (χ3n) is 3.57. The number of benzene rings is 2. The molecular formula is C20H22NO4-. The van der Waals surface area contributed by atoms with Gasteiger partial charge in [0.2, 0.25) is 5.91 Å². The van der Waals surface area contributed by atoms with Crippen molar-refractivity contribution >= 4 is 11.9 Å². The molecule has 0 saturated carbocycles. The van der Waals surface area contributed by atoms with Crippen molar-refractivity contribution in [3.63, 3.8) is 0 Å². The summed E-state index contributed by atoms with van der Waals surface area (Å²) in [7, 11) is 0. The first-order valence-electron chi connectivity index (χ1n) is 8.24. The molecule has 1 atom stereocenters. The van der Waals surface area contributed by atoms with Gasteiger partial charge in [0, 0.05) is 12.4 Å². The summed E-state index contributed by atoms with van der Waals surface area (Å²) in [5, 5.41) is 13.8. The van der Waals surface area contributed by atoms with Gasteiger partial charge in [-0.15, -0.1) is 0 Å². The molecule has 5 heteroatoms. The average Bonchev–Trinajstić information content (AvgIpc) is 2.55. The van der Waals surface area contributed by atoms with E-state index in [4.69, 9.17) is 4.74 Å². The second kappa shape index (κ2) is 8.87. The summed E-state index contributed by atoms with van der Waals surface area (Å²) >= 11 is 0. The molecule has 0 aliphatic heterocycles. The van der Waals surface area contributed by atoms with Crippen LogP contribution in [0, 0.1) is 0 Å². The van der Waals surface area contributed by atoms with E-state index in [0.29, 0.717) is 11.3 Å². The van der Waals surface area contributed by atoms with Crippen molar-refractivity contribution in [2.75, 3.05) is 0 Å². The van der Waals surface area contributed by atoms with Crippen molar-refractivity contribution < 1.29 is 19.4 Å². The summed E-state index contributed by atoms with van der Waals surface area (Å²) < 4.78 is 5.57. The fourth-order valence-corrected chi connectivity index (χ4v) is 2.50. The molecule has 0 spiro atoms. The van der Waals surface area contributed by atoms with E-state index in [1.54, 1.807) is 24.3 Å². The Morgan fingerprint density at radius 3 is 2.24 bits per heavy atom. The van der Waals surface area contributed by atoms with E-state index in [9.17, 15) is 14.7 Å². The van der Waals surface area contributed by atoms with Gasteiger partial charge in [0.1, 0.15) is 5.75 Å². The molecule has 25 heavy (non-hydrogen) atoms. The minimum absolute atomic E-state index is 0.0513. The summed E-state index contributed by atoms with van der Waals surface area (Å²) in [5.74, 6) is -0.756. The monoisotopic (exact) mass is 340 g/mol. The highest BCUT2D eigenvalue weighted by molar-refractivity contribution is 5.79. The summed E-state index contributed by atoms with van der Waals surface area (Å²) in [4.78, 5) is 23.3. The van der Waals surface area contributed by atoms with E-state index in [2.05, 4.69) is 5.32 Å². The Balaban J connectivity index is 2.07. The molecule has 2 aromatic rings. The number of aliphatic carboxylic acids is 1. The zero-order valence-corrected chi connectivity index (χ0v) is 14.4. The van der Waals surface area contributed by atoms with E-state index in [1.807, 2.05) is 44.2 Å². The molecule has 0 fully saturated rings. The zero-order valence-electron chi connectivity index (χ0n) is 14.4. The van der Waals surface area contributed by atoms with Gasteiger partial charge in [-0.25, -0.2) is 0 Å². The average molecular weight is 340 g/mol. The Kier molecular flexibility index (Phi) is 6.57. The van der Waals surface area contributed by atoms with E-state index < -0.39 is 12.0 Å². The second-order valence-corrected chi connectivity index (χ2v) is 6.09. The first-order valence-corrected chi connectivity index (χ1v) is 8.24. The van der Waals surface area contributed by atoms with Gasteiger partial charge in [-0.3, -0.25) is 4.79 Å². The lowest BCUT2D eigenvalue weighted by Crippen LogP contribution is -2.35. The molecule has 0 saturated heterocycles. The minimum atomic E-state index is -1.22. The van der Waals surface area contributed by atoms with Crippen molar-refractivity contribution in [3.05, 3.63) is 65.7 Å². The Bertz CT molecular complexity index is 695. The predicted molar refractivity (Wildman–Crippen MR) is 92.9 cm³/mol. The van der Waals surface area contributed by atoms with E-state index in [1.165, 1.54) is 0 Å². The third kappa shape index (κ3) is 6.30. The lowest BCUT2D eigenvalue weighted by Gasteiger charge is -2.20. The molecule has 0 aliphatic rings. The number of ether oxygens (including phenoxy) is 1. The molecule has 0 bridgehead atoms. The number of nitrogens with one attached hydrogen (secondary N) is 1. The molecule has 0 heterocycles. The van der Waals surface area contributed by atoms with Gasteiger partial charge in [0.25, 0.3) is 0 Å². The van der Waals surface area contributed by atoms with Crippen LogP contribution in [0.3, 0.4) is 0 Å². The summed E-state index contributed by atoms with van der Waals surface area (Å²) in [5.41, 5.74) is 1.56. The molecule has 0 aliphatic carbocycles. The third-order valence-corrected chi connectivity index (χ3v) is 3.57. The van der Waals surface area contributed by atoms with Crippen LogP contribution in [0.4, 0.5) is 0 Å². The molecule has 2 aromatic carbocycles. The largest absolute Gasteiger partial charge is 0.550 e. The zero-order chi connectivity index (χ0) is 18.2. The van der Waals surface area contributed by atoms with Crippen LogP contribution >= 0.6 is 0 Å². The fraction of sp³-hybridized carbons (Fsp3) is 0.300. The van der Waals surface area contributed by atoms with Crippen molar-refractivity contribution in [3.8, 4) is 5.75 Å². The summed E-state index contributed by atoms with van der Waals surface area (Å²) in [6, 6.07) is 15.7. The number of carbonyl (C=O) groups excluding carboxylic acids is 2. The van der Waals surface area contributed by atoms with Gasteiger partial charge in [-0.1, -0.05) is 42.5 Å². The Labute approximate surface area is 147 Å². The van der Waals surface area contributed by atoms with Gasteiger partial charge >= 0.3 is 0 Å². The number of carboxylic acid groups (broad SMARTS) is 1. The summed E-state index contributed by atoms with van der Waals surface area (Å²) in [6.45, 7) is 3.85. The van der Waals surface area contributed by atoms with Gasteiger partial charge in [0.05, 0.1) is 18.6 Å². The van der Waals surface area contributed by atoms with Crippen LogP contribution in [0.2, 0.25) is 0 Å². The van der Waals surface area contributed by atoms with E-state index in [-0.39, 0.29) is 24.9 Å². The van der Waals surface area contributed by atoms with Crippen LogP contribution in [0.1, 0.15) is 37.4 Å². The Morgan fingerprint density at radius 1 is 1.04 bits per heavy atom. The first-order chi connectivity index (χ1) is 11.9. The lowest BCUT2D eigenvalue weighted by molar-refractivity contribution is -0.306. The van der Waals surface area contributed by atoms with Gasteiger partial charge in [-0.2, -0.15) is 0 Å². The minimum Gasteiger partial charge on any atom is -0.550 e. The second-order valence-electron chi connectivity index (χ2n) is 6.09. The molecule has 2 rings (SSSR count). The molecular weight excluding hydrogens is 318 g/mol. The molecule has 0 radical (unpaired) electrons. The highest BCUT2D eigenvalue weighted by Crippen LogP contribution is 2.21. The molecule has 1 unspecified atom stereocenters. The van der Waals surface area contributed by atoms with Crippen molar-refractivity contribution in [2.24, 2.45) is 0 Å². The molecule has 1 amide bonds. The molecule has 0 aromatic heterocycles. The maximum absolute atomic E-state index is 12.2. The molecule has 1 N–H and O–H groups in total. The quantitative estimate of drug-likeness (QED) is 0.797. The first kappa shape index (κ1) is 18.5. The van der Waals surface area contributed by atoms with Gasteiger partial charge in [0.15, 0.2) is 0 Å². The lowest BCUT2D eigenvalue weighted by atomic mass is 10.0. The van der Waals surface area contributed by atoms with Crippen LogP contribution in [-0.4, -0.2) is 18.0 Å². The maximum Gasteiger partial charge on any atom is 0.224 e. The smallest absolute Gasteiger partial charge is 0.224 e. The predicted octanol–water partition coefficient (Wildman–Crippen LogP) is 2.01.